The number of thioether (sulfide) groups is 1. The summed E-state index contributed by atoms with van der Waals surface area (Å²) < 4.78 is 1.99. The summed E-state index contributed by atoms with van der Waals surface area (Å²) in [6.07, 6.45) is 6.64. The topological polar surface area (TPSA) is 63.1 Å². The van der Waals surface area contributed by atoms with Crippen molar-refractivity contribution in [2.45, 2.75) is 55.0 Å². The molecule has 4 heterocycles. The predicted octanol–water partition coefficient (Wildman–Crippen LogP) is 2.56. The number of piperidine rings is 3. The maximum atomic E-state index is 12.5. The van der Waals surface area contributed by atoms with Gasteiger partial charge >= 0.3 is 0 Å². The lowest BCUT2D eigenvalue weighted by atomic mass is 9.75. The van der Waals surface area contributed by atoms with Gasteiger partial charge in [0.2, 0.25) is 5.91 Å². The molecule has 0 radical (unpaired) electrons. The molecule has 28 heavy (non-hydrogen) atoms. The van der Waals surface area contributed by atoms with E-state index in [0.717, 1.165) is 56.8 Å². The number of rotatable bonds is 7. The standard InChI is InChI=1S/C21H27N5OS/c27-21(22-16-6-7-16)20-13-25-9-8-15(20)10-18(25)12-26-11-17(23-24-26)14-28-19-4-2-1-3-5-19/h1-5,11,15-16,18,20H,6-10,12-14H2,(H,22,27)/t15-,18+,20-/m0/s1. The molecule has 1 amide bonds. The Balaban J connectivity index is 1.15. The van der Waals surface area contributed by atoms with Gasteiger partial charge in [-0.15, -0.1) is 16.9 Å². The molecule has 7 heteroatoms. The molecule has 2 bridgehead atoms. The quantitative estimate of drug-likeness (QED) is 0.728. The third-order valence-electron chi connectivity index (χ3n) is 6.25. The Kier molecular flexibility index (Phi) is 5.11. The average molecular weight is 398 g/mol. The molecule has 4 aliphatic rings. The zero-order chi connectivity index (χ0) is 18.9. The van der Waals surface area contributed by atoms with Crippen molar-refractivity contribution in [2.75, 3.05) is 13.1 Å². The number of carbonyl (C=O) groups excluding carboxylic acids is 1. The third kappa shape index (κ3) is 4.10. The van der Waals surface area contributed by atoms with E-state index in [1.807, 2.05) is 10.7 Å². The molecule has 1 N–H and O–H groups in total. The molecule has 4 fully saturated rings. The van der Waals surface area contributed by atoms with Gasteiger partial charge in [-0.25, -0.2) is 0 Å². The van der Waals surface area contributed by atoms with Crippen LogP contribution in [0.2, 0.25) is 0 Å². The van der Waals surface area contributed by atoms with Crippen molar-refractivity contribution < 1.29 is 4.79 Å². The highest BCUT2D eigenvalue weighted by atomic mass is 32.2. The Labute approximate surface area is 170 Å². The van der Waals surface area contributed by atoms with E-state index in [-0.39, 0.29) is 11.8 Å². The van der Waals surface area contributed by atoms with Gasteiger partial charge in [0.05, 0.1) is 18.2 Å². The van der Waals surface area contributed by atoms with Gasteiger partial charge in [0, 0.05) is 35.5 Å². The van der Waals surface area contributed by atoms with Crippen LogP contribution in [0.4, 0.5) is 0 Å². The molecule has 1 unspecified atom stereocenters. The largest absolute Gasteiger partial charge is 0.353 e. The van der Waals surface area contributed by atoms with E-state index in [4.69, 9.17) is 0 Å². The first-order valence-electron chi connectivity index (χ1n) is 10.4. The number of hydrogen-bond acceptors (Lipinski definition) is 5. The predicted molar refractivity (Wildman–Crippen MR) is 109 cm³/mol. The number of aromatic nitrogens is 3. The van der Waals surface area contributed by atoms with Crippen LogP contribution in [0.15, 0.2) is 41.4 Å². The Morgan fingerprint density at radius 2 is 2.07 bits per heavy atom. The highest BCUT2D eigenvalue weighted by molar-refractivity contribution is 7.98. The molecule has 1 aliphatic carbocycles. The summed E-state index contributed by atoms with van der Waals surface area (Å²) >= 11 is 1.79. The summed E-state index contributed by atoms with van der Waals surface area (Å²) in [5.41, 5.74) is 1.02. The molecule has 1 saturated carbocycles. The first-order chi connectivity index (χ1) is 13.7. The van der Waals surface area contributed by atoms with E-state index in [1.165, 1.54) is 4.90 Å². The molecule has 148 valence electrons. The molecule has 3 saturated heterocycles. The lowest BCUT2D eigenvalue weighted by molar-refractivity contribution is -0.133. The maximum Gasteiger partial charge on any atom is 0.224 e. The minimum Gasteiger partial charge on any atom is -0.353 e. The normalized spacial score (nSPS) is 29.0. The Bertz CT molecular complexity index is 821. The van der Waals surface area contributed by atoms with E-state index < -0.39 is 0 Å². The van der Waals surface area contributed by atoms with Gasteiger partial charge in [-0.2, -0.15) is 0 Å². The van der Waals surface area contributed by atoms with Gasteiger partial charge in [-0.05, 0) is 50.3 Å². The summed E-state index contributed by atoms with van der Waals surface area (Å²) in [4.78, 5) is 16.3. The van der Waals surface area contributed by atoms with E-state index in [1.54, 1.807) is 11.8 Å². The maximum absolute atomic E-state index is 12.5. The molecule has 2 aromatic rings. The van der Waals surface area contributed by atoms with Crippen molar-refractivity contribution in [3.05, 3.63) is 42.2 Å². The van der Waals surface area contributed by atoms with Crippen LogP contribution >= 0.6 is 11.8 Å². The van der Waals surface area contributed by atoms with Crippen LogP contribution < -0.4 is 5.32 Å². The summed E-state index contributed by atoms with van der Waals surface area (Å²) in [5, 5.41) is 11.9. The van der Waals surface area contributed by atoms with Crippen LogP contribution in [0, 0.1) is 11.8 Å². The van der Waals surface area contributed by atoms with Gasteiger partial charge < -0.3 is 5.32 Å². The van der Waals surface area contributed by atoms with Crippen molar-refractivity contribution in [1.29, 1.82) is 0 Å². The second-order valence-corrected chi connectivity index (χ2v) is 9.40. The van der Waals surface area contributed by atoms with Gasteiger partial charge in [-0.3, -0.25) is 14.4 Å². The molecule has 6 nitrogen and oxygen atoms in total. The van der Waals surface area contributed by atoms with Crippen molar-refractivity contribution >= 4 is 17.7 Å². The average Bonchev–Trinajstić information content (AvgIpc) is 3.44. The Hall–Kier alpha value is -1.86. The third-order valence-corrected chi connectivity index (χ3v) is 7.30. The minimum absolute atomic E-state index is 0.180. The van der Waals surface area contributed by atoms with Crippen molar-refractivity contribution in [2.24, 2.45) is 11.8 Å². The zero-order valence-electron chi connectivity index (χ0n) is 16.0. The number of carbonyl (C=O) groups is 1. The monoisotopic (exact) mass is 397 g/mol. The molecule has 1 aromatic heterocycles. The second-order valence-electron chi connectivity index (χ2n) is 8.36. The molecule has 1 aromatic carbocycles. The summed E-state index contributed by atoms with van der Waals surface area (Å²) in [6, 6.07) is 11.3. The van der Waals surface area contributed by atoms with Crippen LogP contribution in [-0.4, -0.2) is 51.0 Å². The molecule has 6 rings (SSSR count). The van der Waals surface area contributed by atoms with Crippen LogP contribution in [0.25, 0.3) is 0 Å². The number of hydrogen-bond donors (Lipinski definition) is 1. The Morgan fingerprint density at radius 1 is 1.21 bits per heavy atom. The molecule has 0 spiro atoms. The lowest BCUT2D eigenvalue weighted by Crippen LogP contribution is -2.58. The Morgan fingerprint density at radius 3 is 2.82 bits per heavy atom. The van der Waals surface area contributed by atoms with Crippen LogP contribution in [-0.2, 0) is 17.1 Å². The van der Waals surface area contributed by atoms with E-state index in [2.05, 4.69) is 51.0 Å². The fourth-order valence-corrected chi connectivity index (χ4v) is 5.34. The molecule has 3 aliphatic heterocycles. The van der Waals surface area contributed by atoms with Crippen molar-refractivity contribution in [3.63, 3.8) is 0 Å². The summed E-state index contributed by atoms with van der Waals surface area (Å²) in [7, 11) is 0. The molecule has 4 atom stereocenters. The van der Waals surface area contributed by atoms with E-state index in [0.29, 0.717) is 18.0 Å². The van der Waals surface area contributed by atoms with Gasteiger partial charge in [0.25, 0.3) is 0 Å². The number of nitrogens with zero attached hydrogens (tertiary/aromatic N) is 4. The highest BCUT2D eigenvalue weighted by Crippen LogP contribution is 2.37. The van der Waals surface area contributed by atoms with Crippen LogP contribution in [0.3, 0.4) is 0 Å². The molecular formula is C21H27N5OS. The first-order valence-corrected chi connectivity index (χ1v) is 11.3. The van der Waals surface area contributed by atoms with Crippen molar-refractivity contribution in [3.8, 4) is 0 Å². The van der Waals surface area contributed by atoms with Crippen LogP contribution in [0.5, 0.6) is 0 Å². The van der Waals surface area contributed by atoms with Crippen molar-refractivity contribution in [1.82, 2.24) is 25.2 Å². The molecular weight excluding hydrogens is 370 g/mol. The zero-order valence-corrected chi connectivity index (χ0v) is 16.9. The van der Waals surface area contributed by atoms with Gasteiger partial charge in [0.15, 0.2) is 0 Å². The fraction of sp³-hybridized carbons (Fsp3) is 0.571. The van der Waals surface area contributed by atoms with E-state index in [9.17, 15) is 4.79 Å². The van der Waals surface area contributed by atoms with Gasteiger partial charge in [0.1, 0.15) is 0 Å². The van der Waals surface area contributed by atoms with Crippen LogP contribution in [0.1, 0.15) is 31.4 Å². The lowest BCUT2D eigenvalue weighted by Gasteiger charge is -2.49. The summed E-state index contributed by atoms with van der Waals surface area (Å²) in [5.74, 6) is 1.82. The fourth-order valence-electron chi connectivity index (χ4n) is 4.54. The first kappa shape index (κ1) is 18.2. The number of amides is 1. The SMILES string of the molecule is O=C(NC1CC1)[C@H]1CN2CC[C@H]1C[C@@H]2Cn1cc(CSc2ccccc2)nn1. The minimum atomic E-state index is 0.180. The second kappa shape index (κ2) is 7.87. The summed E-state index contributed by atoms with van der Waals surface area (Å²) in [6.45, 7) is 2.88. The van der Waals surface area contributed by atoms with E-state index >= 15 is 0 Å². The number of benzene rings is 1. The highest BCUT2D eigenvalue weighted by Gasteiger charge is 2.44. The number of nitrogens with one attached hydrogen (secondary N) is 1. The smallest absolute Gasteiger partial charge is 0.224 e. The van der Waals surface area contributed by atoms with Gasteiger partial charge in [-0.1, -0.05) is 23.4 Å². The number of fused-ring (bicyclic) bond motifs is 3.